The predicted molar refractivity (Wildman–Crippen MR) is 113 cm³/mol. The number of hydrogen-bond donors (Lipinski definition) is 1. The first-order valence-electron chi connectivity index (χ1n) is 9.29. The number of amides is 2. The molecule has 0 aliphatic carbocycles. The average Bonchev–Trinajstić information content (AvgIpc) is 3.17. The predicted octanol–water partition coefficient (Wildman–Crippen LogP) is 4.47. The van der Waals surface area contributed by atoms with E-state index in [1.54, 1.807) is 12.1 Å². The number of thioether (sulfide) groups is 1. The van der Waals surface area contributed by atoms with Crippen molar-refractivity contribution in [3.8, 4) is 11.5 Å². The zero-order valence-corrected chi connectivity index (χ0v) is 17.5. The monoisotopic (exact) mass is 409 g/mol. The van der Waals surface area contributed by atoms with Gasteiger partial charge in [-0.2, -0.15) is 0 Å². The summed E-state index contributed by atoms with van der Waals surface area (Å²) in [5.41, 5.74) is 2.44. The van der Waals surface area contributed by atoms with Crippen LogP contribution in [-0.2, 0) is 10.2 Å². The zero-order chi connectivity index (χ0) is 20.9. The van der Waals surface area contributed by atoms with Gasteiger partial charge < -0.3 is 4.42 Å². The van der Waals surface area contributed by atoms with Crippen molar-refractivity contribution in [3.63, 3.8) is 0 Å². The van der Waals surface area contributed by atoms with E-state index in [0.717, 1.165) is 11.1 Å². The van der Waals surface area contributed by atoms with Gasteiger partial charge in [0.25, 0.3) is 11.1 Å². The fourth-order valence-corrected chi connectivity index (χ4v) is 3.28. The van der Waals surface area contributed by atoms with Crippen LogP contribution in [0.2, 0.25) is 0 Å². The summed E-state index contributed by atoms with van der Waals surface area (Å²) in [4.78, 5) is 24.3. The highest BCUT2D eigenvalue weighted by atomic mass is 32.2. The largest absolute Gasteiger partial charge is 0.411 e. The van der Waals surface area contributed by atoms with Crippen molar-refractivity contribution in [2.45, 2.75) is 37.8 Å². The van der Waals surface area contributed by atoms with E-state index in [-0.39, 0.29) is 17.7 Å². The van der Waals surface area contributed by atoms with Gasteiger partial charge >= 0.3 is 0 Å². The molecule has 2 aromatic carbocycles. The van der Waals surface area contributed by atoms with Gasteiger partial charge in [-0.15, -0.1) is 10.2 Å². The van der Waals surface area contributed by atoms with Crippen LogP contribution >= 0.6 is 11.8 Å². The van der Waals surface area contributed by atoms with Crippen molar-refractivity contribution in [2.75, 3.05) is 5.75 Å². The lowest BCUT2D eigenvalue weighted by Crippen LogP contribution is -2.30. The van der Waals surface area contributed by atoms with Crippen molar-refractivity contribution in [1.82, 2.24) is 15.5 Å². The van der Waals surface area contributed by atoms with Gasteiger partial charge in [-0.05, 0) is 35.2 Å². The van der Waals surface area contributed by atoms with Crippen LogP contribution in [0.15, 0.2) is 64.2 Å². The normalized spacial score (nSPS) is 11.3. The first-order chi connectivity index (χ1) is 13.8. The van der Waals surface area contributed by atoms with Gasteiger partial charge in [0.1, 0.15) is 0 Å². The maximum Gasteiger partial charge on any atom is 0.276 e. The van der Waals surface area contributed by atoms with Crippen LogP contribution in [0.1, 0.15) is 43.1 Å². The maximum atomic E-state index is 12.2. The summed E-state index contributed by atoms with van der Waals surface area (Å²) >= 11 is 1.28. The Balaban J connectivity index is 1.46. The number of nitrogens with one attached hydrogen (secondary N) is 1. The quantitative estimate of drug-likeness (QED) is 0.605. The van der Waals surface area contributed by atoms with Crippen molar-refractivity contribution < 1.29 is 14.0 Å². The summed E-state index contributed by atoms with van der Waals surface area (Å²) in [6.45, 7) is 6.32. The van der Waals surface area contributed by atoms with E-state index in [0.29, 0.717) is 22.4 Å². The van der Waals surface area contributed by atoms with Gasteiger partial charge in [-0.25, -0.2) is 0 Å². The SMILES string of the molecule is CC(C)(C)c1ccc(C(=O)NC(=O)CCSc2nnc(-c3ccccc3)o2)cc1. The molecule has 2 amide bonds. The highest BCUT2D eigenvalue weighted by Gasteiger charge is 2.16. The van der Waals surface area contributed by atoms with Crippen molar-refractivity contribution in [1.29, 1.82) is 0 Å². The first-order valence-corrected chi connectivity index (χ1v) is 10.3. The molecule has 3 rings (SSSR count). The third-order valence-corrected chi connectivity index (χ3v) is 5.07. The van der Waals surface area contributed by atoms with Crippen LogP contribution in [0, 0.1) is 0 Å². The molecule has 1 aromatic heterocycles. The molecule has 0 spiro atoms. The molecule has 0 aliphatic rings. The van der Waals surface area contributed by atoms with Gasteiger partial charge in [-0.1, -0.05) is 62.9 Å². The molecule has 0 radical (unpaired) electrons. The zero-order valence-electron chi connectivity index (χ0n) is 16.6. The summed E-state index contributed by atoms with van der Waals surface area (Å²) in [7, 11) is 0. The number of aromatic nitrogens is 2. The molecule has 7 heteroatoms. The van der Waals surface area contributed by atoms with Gasteiger partial charge in [0.15, 0.2) is 0 Å². The van der Waals surface area contributed by atoms with E-state index in [1.807, 2.05) is 42.5 Å². The Morgan fingerprint density at radius 2 is 1.69 bits per heavy atom. The Morgan fingerprint density at radius 1 is 1.00 bits per heavy atom. The maximum absolute atomic E-state index is 12.2. The average molecular weight is 410 g/mol. The molecular weight excluding hydrogens is 386 g/mol. The molecule has 3 aromatic rings. The molecular formula is C22H23N3O3S. The van der Waals surface area contributed by atoms with E-state index >= 15 is 0 Å². The summed E-state index contributed by atoms with van der Waals surface area (Å²) in [5.74, 6) is 0.125. The molecule has 0 saturated carbocycles. The number of carbonyl (C=O) groups is 2. The third-order valence-electron chi connectivity index (χ3n) is 4.25. The van der Waals surface area contributed by atoms with Crippen LogP contribution in [0.4, 0.5) is 0 Å². The van der Waals surface area contributed by atoms with E-state index in [9.17, 15) is 9.59 Å². The van der Waals surface area contributed by atoms with E-state index in [2.05, 4.69) is 36.3 Å². The summed E-state index contributed by atoms with van der Waals surface area (Å²) in [6, 6.07) is 16.8. The lowest BCUT2D eigenvalue weighted by molar-refractivity contribution is -0.119. The number of carbonyl (C=O) groups excluding carboxylic acids is 2. The number of nitrogens with zero attached hydrogens (tertiary/aromatic N) is 2. The van der Waals surface area contributed by atoms with Gasteiger partial charge in [0.05, 0.1) is 0 Å². The molecule has 29 heavy (non-hydrogen) atoms. The van der Waals surface area contributed by atoms with Crippen molar-refractivity contribution in [2.24, 2.45) is 0 Å². The molecule has 1 heterocycles. The van der Waals surface area contributed by atoms with Crippen LogP contribution in [0.25, 0.3) is 11.5 Å². The first kappa shape index (κ1) is 20.8. The Labute approximate surface area is 174 Å². The Hall–Kier alpha value is -2.93. The Kier molecular flexibility index (Phi) is 6.49. The van der Waals surface area contributed by atoms with Gasteiger partial charge in [-0.3, -0.25) is 14.9 Å². The Morgan fingerprint density at radius 3 is 2.34 bits per heavy atom. The fraction of sp³-hybridized carbons (Fsp3) is 0.273. The fourth-order valence-electron chi connectivity index (χ4n) is 2.58. The van der Waals surface area contributed by atoms with E-state index < -0.39 is 5.91 Å². The lowest BCUT2D eigenvalue weighted by Gasteiger charge is -2.18. The molecule has 0 saturated heterocycles. The van der Waals surface area contributed by atoms with Crippen LogP contribution in [0.5, 0.6) is 0 Å². The molecule has 1 N–H and O–H groups in total. The number of rotatable bonds is 6. The molecule has 0 bridgehead atoms. The minimum atomic E-state index is -0.399. The number of imide groups is 1. The Bertz CT molecular complexity index is 977. The van der Waals surface area contributed by atoms with Crippen LogP contribution < -0.4 is 5.32 Å². The van der Waals surface area contributed by atoms with Gasteiger partial charge in [0.2, 0.25) is 11.8 Å². The smallest absolute Gasteiger partial charge is 0.276 e. The second kappa shape index (κ2) is 9.05. The molecule has 6 nitrogen and oxygen atoms in total. The number of hydrogen-bond acceptors (Lipinski definition) is 6. The van der Waals surface area contributed by atoms with Crippen molar-refractivity contribution >= 4 is 23.6 Å². The highest BCUT2D eigenvalue weighted by molar-refractivity contribution is 7.99. The lowest BCUT2D eigenvalue weighted by atomic mass is 9.87. The van der Waals surface area contributed by atoms with Crippen LogP contribution in [0.3, 0.4) is 0 Å². The molecule has 0 aliphatic heterocycles. The summed E-state index contributed by atoms with van der Waals surface area (Å²) < 4.78 is 5.58. The van der Waals surface area contributed by atoms with Crippen LogP contribution in [-0.4, -0.2) is 27.8 Å². The standard InChI is InChI=1S/C22H23N3O3S/c1-22(2,3)17-11-9-15(10-12-17)19(27)23-18(26)13-14-29-21-25-24-20(28-21)16-7-5-4-6-8-16/h4-12H,13-14H2,1-3H3,(H,23,26,27). The second-order valence-electron chi connectivity index (χ2n) is 7.54. The van der Waals surface area contributed by atoms with E-state index in [4.69, 9.17) is 4.42 Å². The second-order valence-corrected chi connectivity index (χ2v) is 8.59. The highest BCUT2D eigenvalue weighted by Crippen LogP contribution is 2.24. The third kappa shape index (κ3) is 5.77. The van der Waals surface area contributed by atoms with Crippen molar-refractivity contribution in [3.05, 3.63) is 65.7 Å². The molecule has 150 valence electrons. The summed E-state index contributed by atoms with van der Waals surface area (Å²) in [5, 5.41) is 10.8. The summed E-state index contributed by atoms with van der Waals surface area (Å²) in [6.07, 6.45) is 0.166. The molecule has 0 unspecified atom stereocenters. The minimum absolute atomic E-state index is 0.0111. The minimum Gasteiger partial charge on any atom is -0.411 e. The molecule has 0 atom stereocenters. The van der Waals surface area contributed by atoms with E-state index in [1.165, 1.54) is 11.8 Å². The topological polar surface area (TPSA) is 85.1 Å². The number of benzene rings is 2. The van der Waals surface area contributed by atoms with Gasteiger partial charge in [0, 0.05) is 23.3 Å². The molecule has 0 fully saturated rings.